The molecule has 0 saturated carbocycles. The van der Waals surface area contributed by atoms with Crippen molar-refractivity contribution in [1.29, 1.82) is 0 Å². The van der Waals surface area contributed by atoms with E-state index in [0.29, 0.717) is 5.56 Å². The zero-order valence-electron chi connectivity index (χ0n) is 25.3. The average molecular weight is 695 g/mol. The molecule has 0 aromatic heterocycles. The summed E-state index contributed by atoms with van der Waals surface area (Å²) in [5, 5.41) is 94.4. The van der Waals surface area contributed by atoms with Crippen molar-refractivity contribution in [3.8, 4) is 23.0 Å². The number of phenolic OH excluding ortho intramolecular Hbond substituents is 2. The van der Waals surface area contributed by atoms with Gasteiger partial charge in [0.05, 0.1) is 12.0 Å². The van der Waals surface area contributed by atoms with Crippen LogP contribution in [-0.4, -0.2) is 139 Å². The molecule has 18 nitrogen and oxygen atoms in total. The van der Waals surface area contributed by atoms with Gasteiger partial charge in [-0.05, 0) is 18.2 Å². The fraction of sp³-hybridized carbons (Fsp3) is 0.484. The van der Waals surface area contributed by atoms with Gasteiger partial charge in [-0.1, -0.05) is 12.1 Å². The highest BCUT2D eigenvalue weighted by Gasteiger charge is 2.48. The molecule has 0 radical (unpaired) electrons. The van der Waals surface area contributed by atoms with Gasteiger partial charge in [-0.3, -0.25) is 4.79 Å². The number of ether oxygens (including phenoxy) is 7. The van der Waals surface area contributed by atoms with Crippen LogP contribution in [-0.2, 0) is 33.3 Å². The smallest absolute Gasteiger partial charge is 0.335 e. The molecule has 6 bridgehead atoms. The first-order valence-corrected chi connectivity index (χ1v) is 15.1. The molecule has 12 atom stereocenters. The van der Waals surface area contributed by atoms with Gasteiger partial charge in [-0.15, -0.1) is 0 Å². The second kappa shape index (κ2) is 13.9. The van der Waals surface area contributed by atoms with Crippen molar-refractivity contribution < 1.29 is 88.7 Å². The first kappa shape index (κ1) is 34.6. The van der Waals surface area contributed by atoms with Crippen LogP contribution in [0.1, 0.15) is 23.7 Å². The van der Waals surface area contributed by atoms with E-state index in [1.807, 2.05) is 0 Å². The second-order valence-corrected chi connectivity index (χ2v) is 11.8. The summed E-state index contributed by atoms with van der Waals surface area (Å²) in [6.07, 6.45) is -20.4. The number of phenols is 2. The summed E-state index contributed by atoms with van der Waals surface area (Å²) in [5.41, 5.74) is 0.460. The summed E-state index contributed by atoms with van der Waals surface area (Å²) in [5.74, 6) is -3.23. The Hall–Kier alpha value is -4.24. The Kier molecular flexibility index (Phi) is 9.85. The summed E-state index contributed by atoms with van der Waals surface area (Å²) in [7, 11) is 0. The Labute approximate surface area is 276 Å². The third-order valence-electron chi connectivity index (χ3n) is 8.34. The number of carbonyl (C=O) groups is 2. The quantitative estimate of drug-likeness (QED) is 0.139. The molecule has 0 aliphatic carbocycles. The molecule has 49 heavy (non-hydrogen) atoms. The van der Waals surface area contributed by atoms with Crippen LogP contribution in [0.4, 0.5) is 0 Å². The number of cyclic esters (lactones) is 2. The number of hydrogen-bond acceptors (Lipinski definition) is 18. The molecule has 4 aliphatic rings. The van der Waals surface area contributed by atoms with E-state index in [4.69, 9.17) is 33.2 Å². The highest BCUT2D eigenvalue weighted by atomic mass is 16.7. The molecule has 266 valence electrons. The highest BCUT2D eigenvalue weighted by molar-refractivity contribution is 5.81. The predicted molar refractivity (Wildman–Crippen MR) is 155 cm³/mol. The van der Waals surface area contributed by atoms with Gasteiger partial charge in [-0.2, -0.15) is 0 Å². The number of carbonyl (C=O) groups excluding carboxylic acids is 2. The van der Waals surface area contributed by atoms with E-state index in [2.05, 4.69) is 0 Å². The van der Waals surface area contributed by atoms with Crippen LogP contribution in [0, 0.1) is 0 Å². The van der Waals surface area contributed by atoms with Gasteiger partial charge in [0.25, 0.3) is 0 Å². The maximum Gasteiger partial charge on any atom is 0.335 e. The van der Waals surface area contributed by atoms with Crippen LogP contribution in [0.3, 0.4) is 0 Å². The summed E-state index contributed by atoms with van der Waals surface area (Å²) in [4.78, 5) is 24.8. The summed E-state index contributed by atoms with van der Waals surface area (Å²) >= 11 is 0. The van der Waals surface area contributed by atoms with E-state index in [1.165, 1.54) is 36.4 Å². The fourth-order valence-electron chi connectivity index (χ4n) is 5.60. The summed E-state index contributed by atoms with van der Waals surface area (Å²) < 4.78 is 39.4. The van der Waals surface area contributed by atoms with Crippen LogP contribution < -0.4 is 9.47 Å². The van der Waals surface area contributed by atoms with Gasteiger partial charge < -0.3 is 79.1 Å². The summed E-state index contributed by atoms with van der Waals surface area (Å²) in [6, 6.07) is 8.04. The van der Waals surface area contributed by atoms with Crippen molar-refractivity contribution in [2.24, 2.45) is 0 Å². The Morgan fingerprint density at radius 2 is 1.16 bits per heavy atom. The topological polar surface area (TPSA) is 281 Å². The number of aliphatic hydroxyl groups excluding tert-OH is 7. The van der Waals surface area contributed by atoms with Gasteiger partial charge >= 0.3 is 11.9 Å². The molecule has 4 heterocycles. The van der Waals surface area contributed by atoms with Gasteiger partial charge in [-0.25, -0.2) is 4.79 Å². The molecule has 2 saturated heterocycles. The van der Waals surface area contributed by atoms with E-state index in [0.717, 1.165) is 6.07 Å². The monoisotopic (exact) mass is 694 g/mol. The third-order valence-corrected chi connectivity index (χ3v) is 8.34. The van der Waals surface area contributed by atoms with Crippen LogP contribution in [0.5, 0.6) is 23.0 Å². The van der Waals surface area contributed by atoms with E-state index >= 15 is 0 Å². The van der Waals surface area contributed by atoms with Crippen LogP contribution >= 0.6 is 0 Å². The van der Waals surface area contributed by atoms with Crippen molar-refractivity contribution in [3.63, 3.8) is 0 Å². The standard InChI is InChI=1S/C31H34O18/c32-12-3-1-11(2-4-12)28-18-7-14-16(45-28)5-13(33)6-17(14)46-30-26(40)25(39)23(37)20(49-30)10-44-29(42)15(34)8-21(35)43-9-19-22(36)24(38)27(41)31(47-18)48-19/h1-7,15,19-20,22-28,30-34,36-41H,8-10H2/t15-,19-,20-,22-,23-,24-,25+,26-,27+,28?,30-,31-/m1/s1. The number of aliphatic hydroxyl groups is 7. The molecule has 6 rings (SSSR count). The molecule has 0 spiro atoms. The molecule has 9 N–H and O–H groups in total. The molecular formula is C31H34O18. The maximum absolute atomic E-state index is 12.4. The number of esters is 2. The fourth-order valence-corrected chi connectivity index (χ4v) is 5.60. The molecule has 0 amide bonds. The molecule has 2 fully saturated rings. The number of aromatic hydroxyl groups is 2. The molecule has 2 aromatic rings. The van der Waals surface area contributed by atoms with E-state index in [9.17, 15) is 55.5 Å². The van der Waals surface area contributed by atoms with E-state index in [1.54, 1.807) is 0 Å². The van der Waals surface area contributed by atoms with Gasteiger partial charge in [0.15, 0.2) is 12.2 Å². The lowest BCUT2D eigenvalue weighted by Gasteiger charge is -2.41. The second-order valence-electron chi connectivity index (χ2n) is 11.8. The Bertz CT molecular complexity index is 1560. The van der Waals surface area contributed by atoms with Crippen molar-refractivity contribution in [2.45, 2.75) is 80.0 Å². The lowest BCUT2D eigenvalue weighted by molar-refractivity contribution is -0.294. The Morgan fingerprint density at radius 3 is 1.78 bits per heavy atom. The van der Waals surface area contributed by atoms with Crippen LogP contribution in [0.2, 0.25) is 0 Å². The number of hydrogen-bond donors (Lipinski definition) is 9. The minimum absolute atomic E-state index is 0.00160. The third kappa shape index (κ3) is 7.09. The molecular weight excluding hydrogens is 660 g/mol. The molecule has 4 aliphatic heterocycles. The Morgan fingerprint density at radius 1 is 0.612 bits per heavy atom. The van der Waals surface area contributed by atoms with Crippen molar-refractivity contribution >= 4 is 18.0 Å². The van der Waals surface area contributed by atoms with Crippen molar-refractivity contribution in [2.75, 3.05) is 13.2 Å². The molecule has 2 aromatic carbocycles. The first-order chi connectivity index (χ1) is 23.3. The van der Waals surface area contributed by atoms with Crippen molar-refractivity contribution in [3.05, 3.63) is 53.3 Å². The van der Waals surface area contributed by atoms with E-state index in [-0.39, 0.29) is 34.3 Å². The SMILES string of the molecule is O=C1C[C@@H](O)C(=O)OC[C@H]2O[C@@H](Oc3cc(O)cc4c3C=C(O[C@@H]3O[C@H](CO1)[C@@H](O)[C@@H](O)[C@@H]3O)C(c1ccc(O)cc1)O4)[C@H](O)[C@@H](O)[C@@H]2O. The Balaban J connectivity index is 1.42. The molecule has 18 heteroatoms. The van der Waals surface area contributed by atoms with Crippen LogP contribution in [0.15, 0.2) is 42.2 Å². The normalized spacial score (nSPS) is 36.8. The lowest BCUT2D eigenvalue weighted by atomic mass is 9.98. The minimum Gasteiger partial charge on any atom is -0.508 e. The number of benzene rings is 2. The van der Waals surface area contributed by atoms with Gasteiger partial charge in [0, 0.05) is 17.7 Å². The largest absolute Gasteiger partial charge is 0.508 e. The predicted octanol–water partition coefficient (Wildman–Crippen LogP) is -2.57. The zero-order valence-corrected chi connectivity index (χ0v) is 25.3. The lowest BCUT2D eigenvalue weighted by Crippen LogP contribution is -2.60. The number of fused-ring (bicyclic) bond motifs is 4. The van der Waals surface area contributed by atoms with Gasteiger partial charge in [0.2, 0.25) is 12.6 Å². The van der Waals surface area contributed by atoms with Crippen LogP contribution in [0.25, 0.3) is 6.08 Å². The van der Waals surface area contributed by atoms with Crippen molar-refractivity contribution in [1.82, 2.24) is 0 Å². The maximum atomic E-state index is 12.4. The average Bonchev–Trinajstić information content (AvgIpc) is 3.07. The minimum atomic E-state index is -2.06. The summed E-state index contributed by atoms with van der Waals surface area (Å²) in [6.45, 7) is -1.49. The molecule has 1 unspecified atom stereocenters. The first-order valence-electron chi connectivity index (χ1n) is 15.1. The van der Waals surface area contributed by atoms with Gasteiger partial charge in [0.1, 0.15) is 90.8 Å². The number of rotatable bonds is 1. The highest BCUT2D eigenvalue weighted by Crippen LogP contribution is 2.46. The van der Waals surface area contributed by atoms with E-state index < -0.39 is 105 Å². The zero-order chi connectivity index (χ0) is 35.1.